The number of hydrogen-bond acceptors (Lipinski definition) is 2. The van der Waals surface area contributed by atoms with Crippen molar-refractivity contribution in [2.24, 2.45) is 17.8 Å². The van der Waals surface area contributed by atoms with Crippen molar-refractivity contribution in [2.75, 3.05) is 10.6 Å². The molecular formula is C28H25F3N2O. The van der Waals surface area contributed by atoms with Gasteiger partial charge in [-0.25, -0.2) is 0 Å². The van der Waals surface area contributed by atoms with Crippen LogP contribution in [0.5, 0.6) is 0 Å². The highest BCUT2D eigenvalue weighted by atomic mass is 19.4. The number of anilines is 2. The number of hydrogen-bond donors (Lipinski definition) is 2. The molecule has 5 atom stereocenters. The Morgan fingerprint density at radius 3 is 2.50 bits per heavy atom. The first kappa shape index (κ1) is 21.3. The molecule has 2 fully saturated rings. The molecule has 0 aromatic heterocycles. The largest absolute Gasteiger partial charge is 0.416 e. The topological polar surface area (TPSA) is 41.1 Å². The van der Waals surface area contributed by atoms with Gasteiger partial charge in [-0.1, -0.05) is 36.4 Å². The average molecular weight is 463 g/mol. The molecule has 1 heterocycles. The van der Waals surface area contributed by atoms with E-state index >= 15 is 0 Å². The summed E-state index contributed by atoms with van der Waals surface area (Å²) in [4.78, 5) is 13.0. The molecule has 34 heavy (non-hydrogen) atoms. The summed E-state index contributed by atoms with van der Waals surface area (Å²) in [5.41, 5.74) is 3.34. The van der Waals surface area contributed by atoms with Crippen LogP contribution >= 0.6 is 0 Å². The average Bonchev–Trinajstić information content (AvgIpc) is 3.46. The van der Waals surface area contributed by atoms with Gasteiger partial charge >= 0.3 is 6.18 Å². The van der Waals surface area contributed by atoms with Crippen LogP contribution in [0, 0.1) is 17.8 Å². The molecule has 0 unspecified atom stereocenters. The second-order valence-corrected chi connectivity index (χ2v) is 9.80. The van der Waals surface area contributed by atoms with Crippen molar-refractivity contribution in [2.45, 2.75) is 37.4 Å². The van der Waals surface area contributed by atoms with Gasteiger partial charge in [-0.15, -0.1) is 0 Å². The van der Waals surface area contributed by atoms with Crippen molar-refractivity contribution < 1.29 is 18.0 Å². The first-order valence-electron chi connectivity index (χ1n) is 11.8. The summed E-state index contributed by atoms with van der Waals surface area (Å²) in [6.07, 6.45) is -0.764. The summed E-state index contributed by atoms with van der Waals surface area (Å²) >= 11 is 0. The number of rotatable bonds is 3. The SMILES string of the molecule is O=C(Nc1cccc(C(F)(F)F)c1)c1ccc2c(c1)[C@@H]1[C@H]3CC[C@@H](C3)[C@H]1[C@H](c1ccccc1)N2. The maximum Gasteiger partial charge on any atom is 0.416 e. The van der Waals surface area contributed by atoms with E-state index in [0.29, 0.717) is 29.2 Å². The first-order chi connectivity index (χ1) is 16.4. The molecular weight excluding hydrogens is 437 g/mol. The summed E-state index contributed by atoms with van der Waals surface area (Å²) in [7, 11) is 0. The van der Waals surface area contributed by atoms with Gasteiger partial charge in [0.15, 0.2) is 0 Å². The minimum absolute atomic E-state index is 0.137. The highest BCUT2D eigenvalue weighted by molar-refractivity contribution is 6.04. The summed E-state index contributed by atoms with van der Waals surface area (Å²) in [6, 6.07) is 21.2. The molecule has 2 bridgehead atoms. The van der Waals surface area contributed by atoms with Gasteiger partial charge in [0.25, 0.3) is 5.91 Å². The number of carbonyl (C=O) groups is 1. The van der Waals surface area contributed by atoms with E-state index in [0.717, 1.165) is 17.8 Å². The maximum absolute atomic E-state index is 13.0. The lowest BCUT2D eigenvalue weighted by molar-refractivity contribution is -0.137. The van der Waals surface area contributed by atoms with E-state index in [2.05, 4.69) is 34.9 Å². The van der Waals surface area contributed by atoms with Crippen LogP contribution < -0.4 is 10.6 Å². The predicted octanol–water partition coefficient (Wildman–Crippen LogP) is 7.25. The van der Waals surface area contributed by atoms with E-state index in [1.54, 1.807) is 6.07 Å². The molecule has 0 saturated heterocycles. The molecule has 1 amide bonds. The van der Waals surface area contributed by atoms with Crippen LogP contribution in [0.3, 0.4) is 0 Å². The molecule has 2 aliphatic carbocycles. The normalized spacial score (nSPS) is 27.0. The molecule has 1 aliphatic heterocycles. The number of amides is 1. The fourth-order valence-electron chi connectivity index (χ4n) is 6.59. The van der Waals surface area contributed by atoms with Gasteiger partial charge in [0.1, 0.15) is 0 Å². The van der Waals surface area contributed by atoms with Crippen LogP contribution in [0.1, 0.15) is 58.3 Å². The lowest BCUT2D eigenvalue weighted by Gasteiger charge is -2.43. The molecule has 0 spiro atoms. The highest BCUT2D eigenvalue weighted by Gasteiger charge is 2.53. The standard InChI is InChI=1S/C28H25F3N2O/c29-28(30,31)20-7-4-8-21(15-20)32-27(34)19-11-12-23-22(14-19)24-17-9-10-18(13-17)25(24)26(33-23)16-5-2-1-3-6-16/h1-8,11-12,14-15,17-18,24-26,33H,9-10,13H2,(H,32,34)/t17-,18-,24-,25+,26-/m0/s1. The van der Waals surface area contributed by atoms with Crippen molar-refractivity contribution in [1.29, 1.82) is 0 Å². The lowest BCUT2D eigenvalue weighted by Crippen LogP contribution is -2.35. The molecule has 3 aromatic carbocycles. The quantitative estimate of drug-likeness (QED) is 0.430. The summed E-state index contributed by atoms with van der Waals surface area (Å²) in [6.45, 7) is 0. The number of benzene rings is 3. The van der Waals surface area contributed by atoms with E-state index in [4.69, 9.17) is 0 Å². The Hall–Kier alpha value is -3.28. The second kappa shape index (κ2) is 7.90. The molecule has 3 nitrogen and oxygen atoms in total. The van der Waals surface area contributed by atoms with E-state index in [1.807, 2.05) is 18.2 Å². The Morgan fingerprint density at radius 1 is 0.912 bits per heavy atom. The van der Waals surface area contributed by atoms with Crippen LogP contribution in [0.25, 0.3) is 0 Å². The number of halogens is 3. The maximum atomic E-state index is 13.0. The smallest absolute Gasteiger partial charge is 0.378 e. The Morgan fingerprint density at radius 2 is 1.71 bits per heavy atom. The molecule has 2 N–H and O–H groups in total. The fraction of sp³-hybridized carbons (Fsp3) is 0.321. The van der Waals surface area contributed by atoms with Gasteiger partial charge in [0, 0.05) is 16.9 Å². The minimum Gasteiger partial charge on any atom is -0.378 e. The Balaban J connectivity index is 1.31. The van der Waals surface area contributed by atoms with Gasteiger partial charge in [0.05, 0.1) is 11.6 Å². The Kier molecular flexibility index (Phi) is 4.94. The van der Waals surface area contributed by atoms with Crippen molar-refractivity contribution in [3.63, 3.8) is 0 Å². The van der Waals surface area contributed by atoms with Crippen LogP contribution in [-0.2, 0) is 6.18 Å². The zero-order valence-electron chi connectivity index (χ0n) is 18.5. The number of fused-ring (bicyclic) bond motifs is 7. The molecule has 3 aromatic rings. The van der Waals surface area contributed by atoms with Gasteiger partial charge in [-0.3, -0.25) is 4.79 Å². The summed E-state index contributed by atoms with van der Waals surface area (Å²) in [5, 5.41) is 6.40. The van der Waals surface area contributed by atoms with Gasteiger partial charge < -0.3 is 10.6 Å². The van der Waals surface area contributed by atoms with Crippen LogP contribution in [0.4, 0.5) is 24.5 Å². The molecule has 0 radical (unpaired) electrons. The zero-order valence-corrected chi connectivity index (χ0v) is 18.5. The minimum atomic E-state index is -4.45. The van der Waals surface area contributed by atoms with E-state index in [9.17, 15) is 18.0 Å². The van der Waals surface area contributed by atoms with Crippen LogP contribution in [0.15, 0.2) is 72.8 Å². The third-order valence-electron chi connectivity index (χ3n) is 7.96. The number of carbonyl (C=O) groups excluding carboxylic acids is 1. The third-order valence-corrected chi connectivity index (χ3v) is 7.96. The Labute approximate surface area is 196 Å². The third kappa shape index (κ3) is 3.56. The summed E-state index contributed by atoms with van der Waals surface area (Å²) < 4.78 is 39.1. The van der Waals surface area contributed by atoms with Crippen LogP contribution in [0.2, 0.25) is 0 Å². The fourth-order valence-corrected chi connectivity index (χ4v) is 6.59. The van der Waals surface area contributed by atoms with E-state index in [-0.39, 0.29) is 11.7 Å². The molecule has 6 rings (SSSR count). The molecule has 174 valence electrons. The number of alkyl halides is 3. The van der Waals surface area contributed by atoms with Gasteiger partial charge in [-0.05, 0) is 90.5 Å². The van der Waals surface area contributed by atoms with Crippen molar-refractivity contribution in [3.8, 4) is 0 Å². The second-order valence-electron chi connectivity index (χ2n) is 9.80. The molecule has 6 heteroatoms. The lowest BCUT2D eigenvalue weighted by atomic mass is 9.68. The Bertz CT molecular complexity index is 1240. The first-order valence-corrected chi connectivity index (χ1v) is 11.8. The molecule has 2 saturated carbocycles. The highest BCUT2D eigenvalue weighted by Crippen LogP contribution is 2.63. The van der Waals surface area contributed by atoms with Crippen LogP contribution in [-0.4, -0.2) is 5.91 Å². The summed E-state index contributed by atoms with van der Waals surface area (Å²) in [5.74, 6) is 1.76. The van der Waals surface area contributed by atoms with Crippen molar-refractivity contribution >= 4 is 17.3 Å². The van der Waals surface area contributed by atoms with Crippen molar-refractivity contribution in [1.82, 2.24) is 0 Å². The van der Waals surface area contributed by atoms with E-state index < -0.39 is 17.6 Å². The zero-order chi connectivity index (χ0) is 23.4. The van der Waals surface area contributed by atoms with Crippen molar-refractivity contribution in [3.05, 3.63) is 95.1 Å². The predicted molar refractivity (Wildman–Crippen MR) is 126 cm³/mol. The number of nitrogens with one attached hydrogen (secondary N) is 2. The van der Waals surface area contributed by atoms with Gasteiger partial charge in [-0.2, -0.15) is 13.2 Å². The monoisotopic (exact) mass is 462 g/mol. The van der Waals surface area contributed by atoms with Gasteiger partial charge in [0.2, 0.25) is 0 Å². The van der Waals surface area contributed by atoms with E-state index in [1.165, 1.54) is 42.5 Å². The molecule has 3 aliphatic rings.